The second-order valence-corrected chi connectivity index (χ2v) is 6.00. The van der Waals surface area contributed by atoms with Crippen molar-refractivity contribution >= 4 is 33.3 Å². The maximum atomic E-state index is 12.2. The molecule has 9 heteroatoms. The summed E-state index contributed by atoms with van der Waals surface area (Å²) in [5, 5.41) is 11.8. The summed E-state index contributed by atoms with van der Waals surface area (Å²) in [5.41, 5.74) is -0.235. The number of carbonyl (C=O) groups excluding carboxylic acids is 1. The Kier molecular flexibility index (Phi) is 3.78. The fourth-order valence-electron chi connectivity index (χ4n) is 2.20. The molecule has 0 fully saturated rings. The van der Waals surface area contributed by atoms with Crippen molar-refractivity contribution in [2.24, 2.45) is 0 Å². The molecular weight excluding hydrogens is 318 g/mol. The lowest BCUT2D eigenvalue weighted by atomic mass is 10.1. The number of hydrogen-bond acceptors (Lipinski definition) is 6. The molecule has 0 spiro atoms. The molecule has 0 aliphatic heterocycles. The van der Waals surface area contributed by atoms with Crippen molar-refractivity contribution in [1.82, 2.24) is 19.7 Å². The van der Waals surface area contributed by atoms with Gasteiger partial charge in [-0.2, -0.15) is 0 Å². The average molecular weight is 331 g/mol. The lowest BCUT2D eigenvalue weighted by Crippen LogP contribution is -2.34. The number of benzene rings is 1. The Balaban J connectivity index is 2.01. The minimum atomic E-state index is -0.498. The molecule has 2 N–H and O–H groups in total. The first-order valence-electron chi connectivity index (χ1n) is 6.88. The van der Waals surface area contributed by atoms with E-state index in [1.54, 1.807) is 13.8 Å². The Bertz CT molecular complexity index is 1020. The summed E-state index contributed by atoms with van der Waals surface area (Å²) in [7, 11) is 0. The van der Waals surface area contributed by atoms with Crippen LogP contribution in [0, 0.1) is 6.92 Å². The average Bonchev–Trinajstić information content (AvgIpc) is 2.92. The molecule has 0 saturated carbocycles. The number of amides is 1. The molecule has 8 nitrogen and oxygen atoms in total. The number of aromatic nitrogens is 4. The molecule has 3 rings (SSSR count). The summed E-state index contributed by atoms with van der Waals surface area (Å²) in [6, 6.07) is 4.53. The van der Waals surface area contributed by atoms with E-state index in [4.69, 9.17) is 0 Å². The monoisotopic (exact) mass is 331 g/mol. The largest absolute Gasteiger partial charge is 0.328 e. The van der Waals surface area contributed by atoms with Crippen LogP contribution in [0.4, 0.5) is 5.13 Å². The van der Waals surface area contributed by atoms with Gasteiger partial charge in [0, 0.05) is 12.1 Å². The Morgan fingerprint density at radius 1 is 1.35 bits per heavy atom. The second-order valence-electron chi connectivity index (χ2n) is 4.82. The number of anilines is 1. The minimum Gasteiger partial charge on any atom is -0.307 e. The number of carbonyl (C=O) groups is 1. The van der Waals surface area contributed by atoms with Gasteiger partial charge in [0.2, 0.25) is 5.13 Å². The van der Waals surface area contributed by atoms with Crippen molar-refractivity contribution in [2.75, 3.05) is 5.32 Å². The number of nitrogens with one attached hydrogen (secondary N) is 2. The Hall–Kier alpha value is -2.81. The molecule has 1 aromatic carbocycles. The Morgan fingerprint density at radius 3 is 2.78 bits per heavy atom. The van der Waals surface area contributed by atoms with Crippen LogP contribution < -0.4 is 16.6 Å². The van der Waals surface area contributed by atoms with Gasteiger partial charge in [-0.1, -0.05) is 11.3 Å². The van der Waals surface area contributed by atoms with E-state index in [0.29, 0.717) is 21.6 Å². The van der Waals surface area contributed by atoms with E-state index in [2.05, 4.69) is 20.5 Å². The highest BCUT2D eigenvalue weighted by Gasteiger charge is 2.12. The molecule has 1 amide bonds. The van der Waals surface area contributed by atoms with Crippen LogP contribution in [0.2, 0.25) is 0 Å². The number of aryl methyl sites for hydroxylation is 1. The molecule has 0 bridgehead atoms. The Morgan fingerprint density at radius 2 is 2.13 bits per heavy atom. The summed E-state index contributed by atoms with van der Waals surface area (Å²) >= 11 is 1.26. The van der Waals surface area contributed by atoms with E-state index in [1.807, 2.05) is 0 Å². The highest BCUT2D eigenvalue weighted by atomic mass is 32.1. The second kappa shape index (κ2) is 5.76. The SMILES string of the molecule is CCn1c(=O)[nH]c2cc(C(=O)Nc3nnc(C)s3)ccc2c1=O. The number of rotatable bonds is 3. The molecule has 0 atom stereocenters. The van der Waals surface area contributed by atoms with Gasteiger partial charge in [-0.05, 0) is 32.0 Å². The van der Waals surface area contributed by atoms with Crippen LogP contribution in [0.25, 0.3) is 10.9 Å². The molecule has 3 aromatic rings. The van der Waals surface area contributed by atoms with Gasteiger partial charge in [0.15, 0.2) is 0 Å². The van der Waals surface area contributed by atoms with E-state index in [1.165, 1.54) is 29.5 Å². The molecule has 0 saturated heterocycles. The van der Waals surface area contributed by atoms with Crippen LogP contribution in [-0.2, 0) is 6.54 Å². The zero-order valence-corrected chi connectivity index (χ0v) is 13.2. The van der Waals surface area contributed by atoms with Crippen LogP contribution >= 0.6 is 11.3 Å². The third-order valence-corrected chi connectivity index (χ3v) is 4.06. The van der Waals surface area contributed by atoms with E-state index in [-0.39, 0.29) is 18.0 Å². The van der Waals surface area contributed by atoms with Crippen molar-refractivity contribution < 1.29 is 4.79 Å². The predicted molar refractivity (Wildman–Crippen MR) is 87.1 cm³/mol. The van der Waals surface area contributed by atoms with Crippen molar-refractivity contribution in [2.45, 2.75) is 20.4 Å². The lowest BCUT2D eigenvalue weighted by Gasteiger charge is -2.05. The lowest BCUT2D eigenvalue weighted by molar-refractivity contribution is 0.102. The Labute approximate surface area is 133 Å². The van der Waals surface area contributed by atoms with Crippen LogP contribution in [0.5, 0.6) is 0 Å². The molecule has 23 heavy (non-hydrogen) atoms. The summed E-state index contributed by atoms with van der Waals surface area (Å²) in [5.74, 6) is -0.386. The van der Waals surface area contributed by atoms with E-state index >= 15 is 0 Å². The number of hydrogen-bond donors (Lipinski definition) is 2. The highest BCUT2D eigenvalue weighted by molar-refractivity contribution is 7.15. The number of nitrogens with zero attached hydrogens (tertiary/aromatic N) is 3. The quantitative estimate of drug-likeness (QED) is 0.747. The highest BCUT2D eigenvalue weighted by Crippen LogP contribution is 2.16. The van der Waals surface area contributed by atoms with Gasteiger partial charge in [-0.25, -0.2) is 4.79 Å². The summed E-state index contributed by atoms with van der Waals surface area (Å²) in [4.78, 5) is 38.9. The standard InChI is InChI=1S/C14H13N5O3S/c1-3-19-12(21)9-5-4-8(6-10(9)15-14(19)22)11(20)16-13-18-17-7(2)23-13/h4-6H,3H2,1-2H3,(H,15,22)(H,16,18,20). The normalized spacial score (nSPS) is 10.9. The fraction of sp³-hybridized carbons (Fsp3) is 0.214. The van der Waals surface area contributed by atoms with Crippen LogP contribution in [0.1, 0.15) is 22.3 Å². The summed E-state index contributed by atoms with van der Waals surface area (Å²) in [6.07, 6.45) is 0. The third kappa shape index (κ3) is 2.78. The zero-order valence-electron chi connectivity index (χ0n) is 12.4. The number of H-pyrrole nitrogens is 1. The molecule has 118 valence electrons. The van der Waals surface area contributed by atoms with Crippen molar-refractivity contribution in [3.05, 3.63) is 49.6 Å². The molecule has 0 unspecified atom stereocenters. The van der Waals surface area contributed by atoms with Gasteiger partial charge < -0.3 is 4.98 Å². The van der Waals surface area contributed by atoms with Crippen molar-refractivity contribution in [3.8, 4) is 0 Å². The zero-order chi connectivity index (χ0) is 16.6. The fourth-order valence-corrected chi connectivity index (χ4v) is 2.79. The molecular formula is C14H13N5O3S. The van der Waals surface area contributed by atoms with E-state index in [9.17, 15) is 14.4 Å². The molecule has 0 aliphatic carbocycles. The van der Waals surface area contributed by atoms with Gasteiger partial charge in [-0.15, -0.1) is 10.2 Å². The van der Waals surface area contributed by atoms with E-state index in [0.717, 1.165) is 9.57 Å². The predicted octanol–water partition coefficient (Wildman–Crippen LogP) is 1.12. The number of fused-ring (bicyclic) bond motifs is 1. The van der Waals surface area contributed by atoms with Gasteiger partial charge in [0.25, 0.3) is 11.5 Å². The van der Waals surface area contributed by atoms with Gasteiger partial charge in [0.1, 0.15) is 5.01 Å². The van der Waals surface area contributed by atoms with Crippen LogP contribution in [0.3, 0.4) is 0 Å². The first kappa shape index (κ1) is 15.1. The topological polar surface area (TPSA) is 110 Å². The smallest absolute Gasteiger partial charge is 0.307 e. The third-order valence-electron chi connectivity index (χ3n) is 3.31. The molecule has 0 radical (unpaired) electrons. The molecule has 0 aliphatic rings. The van der Waals surface area contributed by atoms with Gasteiger partial charge >= 0.3 is 5.69 Å². The first-order chi connectivity index (χ1) is 11.0. The van der Waals surface area contributed by atoms with Crippen molar-refractivity contribution in [3.63, 3.8) is 0 Å². The number of aromatic amines is 1. The molecule has 2 aromatic heterocycles. The molecule has 2 heterocycles. The minimum absolute atomic E-state index is 0.280. The van der Waals surface area contributed by atoms with Crippen LogP contribution in [0.15, 0.2) is 27.8 Å². The van der Waals surface area contributed by atoms with E-state index < -0.39 is 5.69 Å². The van der Waals surface area contributed by atoms with Gasteiger partial charge in [-0.3, -0.25) is 19.5 Å². The summed E-state index contributed by atoms with van der Waals surface area (Å²) < 4.78 is 1.10. The summed E-state index contributed by atoms with van der Waals surface area (Å²) in [6.45, 7) is 3.78. The maximum Gasteiger partial charge on any atom is 0.328 e. The van der Waals surface area contributed by atoms with Crippen molar-refractivity contribution in [1.29, 1.82) is 0 Å². The van der Waals surface area contributed by atoms with Crippen LogP contribution in [-0.4, -0.2) is 25.7 Å². The first-order valence-corrected chi connectivity index (χ1v) is 7.69. The maximum absolute atomic E-state index is 12.2. The van der Waals surface area contributed by atoms with Gasteiger partial charge in [0.05, 0.1) is 10.9 Å².